The Kier molecular flexibility index (Phi) is 5.42. The van der Waals surface area contributed by atoms with Gasteiger partial charge < -0.3 is 5.73 Å². The van der Waals surface area contributed by atoms with Gasteiger partial charge in [-0.15, -0.1) is 0 Å². The van der Waals surface area contributed by atoms with E-state index in [1.807, 2.05) is 6.92 Å². The fourth-order valence-electron chi connectivity index (χ4n) is 3.02. The van der Waals surface area contributed by atoms with Crippen molar-refractivity contribution < 1.29 is 0 Å². The van der Waals surface area contributed by atoms with E-state index in [9.17, 15) is 0 Å². The molecule has 2 N–H and O–H groups in total. The summed E-state index contributed by atoms with van der Waals surface area (Å²) in [7, 11) is 0. The Balaban J connectivity index is 2.59. The van der Waals surface area contributed by atoms with Crippen molar-refractivity contribution in [3.63, 3.8) is 0 Å². The molecule has 0 aliphatic carbocycles. The maximum absolute atomic E-state index is 9.02. The Morgan fingerprint density at radius 3 is 2.82 bits per heavy atom. The van der Waals surface area contributed by atoms with Crippen molar-refractivity contribution in [2.24, 2.45) is 5.73 Å². The number of nitrogens with zero attached hydrogens (tertiary/aromatic N) is 2. The second-order valence-electron chi connectivity index (χ2n) is 5.76. The van der Waals surface area contributed by atoms with Gasteiger partial charge in [-0.3, -0.25) is 4.90 Å². The Labute approximate surface area is 106 Å². The molecule has 3 unspecified atom stereocenters. The molecule has 1 heterocycles. The molecule has 0 bridgehead atoms. The molecule has 3 heteroatoms. The van der Waals surface area contributed by atoms with Crippen molar-refractivity contribution in [1.82, 2.24) is 4.90 Å². The Hall–Kier alpha value is -0.590. The Bertz CT molecular complexity index is 265. The summed E-state index contributed by atoms with van der Waals surface area (Å²) in [5.41, 5.74) is 5.27. The number of piperidine rings is 1. The third kappa shape index (κ3) is 4.29. The van der Waals surface area contributed by atoms with E-state index < -0.39 is 5.54 Å². The molecule has 1 aliphatic rings. The van der Waals surface area contributed by atoms with Crippen LogP contribution in [0.4, 0.5) is 0 Å². The van der Waals surface area contributed by atoms with Crippen LogP contribution in [0.15, 0.2) is 0 Å². The number of nitrogens with two attached hydrogens (primary N) is 1. The molecule has 0 radical (unpaired) electrons. The summed E-state index contributed by atoms with van der Waals surface area (Å²) in [6.45, 7) is 7.48. The first-order chi connectivity index (χ1) is 8.00. The van der Waals surface area contributed by atoms with Crippen LogP contribution in [-0.2, 0) is 0 Å². The molecule has 0 amide bonds. The van der Waals surface area contributed by atoms with Crippen molar-refractivity contribution in [2.75, 3.05) is 6.54 Å². The van der Waals surface area contributed by atoms with Crippen LogP contribution in [0.2, 0.25) is 0 Å². The molecule has 1 fully saturated rings. The van der Waals surface area contributed by atoms with Gasteiger partial charge in [0.15, 0.2) is 0 Å². The van der Waals surface area contributed by atoms with Crippen LogP contribution in [0, 0.1) is 11.3 Å². The third-order valence-corrected chi connectivity index (χ3v) is 3.84. The average molecular weight is 237 g/mol. The molecule has 98 valence electrons. The lowest BCUT2D eigenvalue weighted by molar-refractivity contribution is 0.0850. The maximum Gasteiger partial charge on any atom is 0.102 e. The highest BCUT2D eigenvalue weighted by molar-refractivity contribution is 5.03. The first-order valence-corrected chi connectivity index (χ1v) is 6.96. The molecule has 17 heavy (non-hydrogen) atoms. The van der Waals surface area contributed by atoms with Gasteiger partial charge in [0.1, 0.15) is 5.54 Å². The predicted octanol–water partition coefficient (Wildman–Crippen LogP) is 2.66. The lowest BCUT2D eigenvalue weighted by Crippen LogP contribution is -2.49. The summed E-state index contributed by atoms with van der Waals surface area (Å²) in [5.74, 6) is 0. The van der Waals surface area contributed by atoms with E-state index in [0.717, 1.165) is 6.42 Å². The van der Waals surface area contributed by atoms with Gasteiger partial charge in [-0.05, 0) is 46.1 Å². The summed E-state index contributed by atoms with van der Waals surface area (Å²) >= 11 is 0. The molecular weight excluding hydrogens is 210 g/mol. The molecule has 1 aliphatic heterocycles. The summed E-state index contributed by atoms with van der Waals surface area (Å²) in [5, 5.41) is 9.02. The monoisotopic (exact) mass is 237 g/mol. The molecular formula is C14H27N3. The second-order valence-corrected chi connectivity index (χ2v) is 5.76. The van der Waals surface area contributed by atoms with Gasteiger partial charge in [-0.25, -0.2) is 0 Å². The zero-order chi connectivity index (χ0) is 12.9. The number of nitriles is 1. The van der Waals surface area contributed by atoms with Crippen molar-refractivity contribution in [2.45, 2.75) is 76.9 Å². The zero-order valence-corrected chi connectivity index (χ0v) is 11.6. The van der Waals surface area contributed by atoms with Crippen molar-refractivity contribution in [3.8, 4) is 6.07 Å². The van der Waals surface area contributed by atoms with Gasteiger partial charge in [-0.1, -0.05) is 19.8 Å². The quantitative estimate of drug-likeness (QED) is 0.799. The van der Waals surface area contributed by atoms with Crippen LogP contribution in [0.1, 0.15) is 59.3 Å². The van der Waals surface area contributed by atoms with Crippen molar-refractivity contribution in [1.29, 1.82) is 5.26 Å². The minimum atomic E-state index is -0.687. The maximum atomic E-state index is 9.02. The fraction of sp³-hybridized carbons (Fsp3) is 0.929. The first-order valence-electron chi connectivity index (χ1n) is 6.96. The van der Waals surface area contributed by atoms with E-state index in [1.54, 1.807) is 0 Å². The lowest BCUT2D eigenvalue weighted by Gasteiger charge is -2.41. The van der Waals surface area contributed by atoms with Gasteiger partial charge in [0.05, 0.1) is 6.07 Å². The summed E-state index contributed by atoms with van der Waals surface area (Å²) in [6.07, 6.45) is 7.24. The Morgan fingerprint density at radius 1 is 1.53 bits per heavy atom. The van der Waals surface area contributed by atoms with Gasteiger partial charge in [0.25, 0.3) is 0 Å². The van der Waals surface area contributed by atoms with E-state index in [-0.39, 0.29) is 0 Å². The van der Waals surface area contributed by atoms with E-state index in [4.69, 9.17) is 11.0 Å². The lowest BCUT2D eigenvalue weighted by atomic mass is 9.91. The molecule has 0 aromatic rings. The Morgan fingerprint density at radius 2 is 2.24 bits per heavy atom. The minimum Gasteiger partial charge on any atom is -0.314 e. The molecule has 1 saturated heterocycles. The average Bonchev–Trinajstić information content (AvgIpc) is 2.29. The third-order valence-electron chi connectivity index (χ3n) is 3.84. The van der Waals surface area contributed by atoms with Crippen LogP contribution in [0.5, 0.6) is 0 Å². The molecule has 0 saturated carbocycles. The van der Waals surface area contributed by atoms with E-state index in [1.165, 1.54) is 38.6 Å². The fourth-order valence-corrected chi connectivity index (χ4v) is 3.02. The van der Waals surface area contributed by atoms with Crippen LogP contribution < -0.4 is 5.73 Å². The van der Waals surface area contributed by atoms with Gasteiger partial charge in [0.2, 0.25) is 0 Å². The van der Waals surface area contributed by atoms with Crippen LogP contribution in [0.3, 0.4) is 0 Å². The van der Waals surface area contributed by atoms with Gasteiger partial charge >= 0.3 is 0 Å². The number of hydrogen-bond acceptors (Lipinski definition) is 3. The van der Waals surface area contributed by atoms with Crippen LogP contribution in [0.25, 0.3) is 0 Å². The molecule has 0 aromatic heterocycles. The SMILES string of the molecule is CCCC1CCCCN1C(C)CC(C)(N)C#N. The first kappa shape index (κ1) is 14.5. The van der Waals surface area contributed by atoms with Crippen molar-refractivity contribution in [3.05, 3.63) is 0 Å². The highest BCUT2D eigenvalue weighted by Crippen LogP contribution is 2.25. The van der Waals surface area contributed by atoms with Crippen molar-refractivity contribution >= 4 is 0 Å². The number of likely N-dealkylation sites (tertiary alicyclic amines) is 1. The van der Waals surface area contributed by atoms with Gasteiger partial charge in [-0.2, -0.15) is 5.26 Å². The standard InChI is InChI=1S/C14H27N3/c1-4-7-13-8-5-6-9-17(13)12(2)10-14(3,16)11-15/h12-13H,4-10,16H2,1-3H3. The predicted molar refractivity (Wildman–Crippen MR) is 71.5 cm³/mol. The van der Waals surface area contributed by atoms with E-state index in [0.29, 0.717) is 12.1 Å². The highest BCUT2D eigenvalue weighted by Gasteiger charge is 2.30. The summed E-state index contributed by atoms with van der Waals surface area (Å²) < 4.78 is 0. The smallest absolute Gasteiger partial charge is 0.102 e. The minimum absolute atomic E-state index is 0.418. The van der Waals surface area contributed by atoms with E-state index in [2.05, 4.69) is 24.8 Å². The highest BCUT2D eigenvalue weighted by atomic mass is 15.2. The molecule has 1 rings (SSSR count). The van der Waals surface area contributed by atoms with Gasteiger partial charge in [0, 0.05) is 12.1 Å². The molecule has 3 nitrogen and oxygen atoms in total. The molecule has 3 atom stereocenters. The normalized spacial score (nSPS) is 27.1. The number of hydrogen-bond donors (Lipinski definition) is 1. The van der Waals surface area contributed by atoms with Crippen LogP contribution >= 0.6 is 0 Å². The summed E-state index contributed by atoms with van der Waals surface area (Å²) in [4.78, 5) is 2.58. The topological polar surface area (TPSA) is 53.0 Å². The largest absolute Gasteiger partial charge is 0.314 e. The zero-order valence-electron chi connectivity index (χ0n) is 11.6. The molecule has 0 spiro atoms. The van der Waals surface area contributed by atoms with E-state index >= 15 is 0 Å². The molecule has 0 aromatic carbocycles. The summed E-state index contributed by atoms with van der Waals surface area (Å²) in [6, 6.07) is 3.33. The van der Waals surface area contributed by atoms with Crippen LogP contribution in [-0.4, -0.2) is 29.1 Å². The number of rotatable bonds is 5. The second kappa shape index (κ2) is 6.37.